The lowest BCUT2D eigenvalue weighted by molar-refractivity contribution is 0.247. The van der Waals surface area contributed by atoms with Crippen molar-refractivity contribution in [1.29, 1.82) is 0 Å². The van der Waals surface area contributed by atoms with Gasteiger partial charge in [0.2, 0.25) is 0 Å². The Labute approximate surface area is 124 Å². The topological polar surface area (TPSA) is 63.0 Å². The summed E-state index contributed by atoms with van der Waals surface area (Å²) in [4.78, 5) is 13.5. The third-order valence-corrected chi connectivity index (χ3v) is 3.91. The molecule has 3 rings (SSSR count). The molecule has 21 heavy (non-hydrogen) atoms. The summed E-state index contributed by atoms with van der Waals surface area (Å²) < 4.78 is 2.02. The van der Waals surface area contributed by atoms with Gasteiger partial charge in [0.1, 0.15) is 24.8 Å². The highest BCUT2D eigenvalue weighted by molar-refractivity contribution is 5.39. The fraction of sp³-hybridized carbons (Fsp3) is 0.571. The van der Waals surface area contributed by atoms with Gasteiger partial charge < -0.3 is 9.47 Å². The van der Waals surface area contributed by atoms with Crippen LogP contribution in [0.15, 0.2) is 25.0 Å². The normalized spacial score (nSPS) is 16.3. The lowest BCUT2D eigenvalue weighted by Gasteiger charge is -2.35. The van der Waals surface area contributed by atoms with Crippen molar-refractivity contribution in [1.82, 2.24) is 29.6 Å². The summed E-state index contributed by atoms with van der Waals surface area (Å²) in [6, 6.07) is 2.10. The zero-order valence-electron chi connectivity index (χ0n) is 12.4. The van der Waals surface area contributed by atoms with E-state index in [2.05, 4.69) is 43.0 Å². The van der Waals surface area contributed by atoms with E-state index in [0.29, 0.717) is 0 Å². The van der Waals surface area contributed by atoms with Crippen molar-refractivity contribution >= 4 is 5.82 Å². The van der Waals surface area contributed by atoms with Gasteiger partial charge in [-0.05, 0) is 6.42 Å². The van der Waals surface area contributed by atoms with Crippen LogP contribution in [-0.2, 0) is 13.0 Å². The molecule has 0 aromatic carbocycles. The zero-order chi connectivity index (χ0) is 14.5. The summed E-state index contributed by atoms with van der Waals surface area (Å²) in [7, 11) is 0. The first-order chi connectivity index (χ1) is 10.3. The maximum absolute atomic E-state index is 4.40. The molecule has 0 N–H and O–H groups in total. The quantitative estimate of drug-likeness (QED) is 0.796. The molecule has 0 unspecified atom stereocenters. The van der Waals surface area contributed by atoms with E-state index in [1.54, 1.807) is 19.0 Å². The molecule has 1 saturated heterocycles. The van der Waals surface area contributed by atoms with Crippen LogP contribution in [0.4, 0.5) is 5.82 Å². The molecule has 0 atom stereocenters. The summed E-state index contributed by atoms with van der Waals surface area (Å²) in [6.07, 6.45) is 6.16. The molecule has 7 heteroatoms. The zero-order valence-corrected chi connectivity index (χ0v) is 12.4. The van der Waals surface area contributed by atoms with Crippen molar-refractivity contribution in [2.45, 2.75) is 19.9 Å². The van der Waals surface area contributed by atoms with Gasteiger partial charge in [0, 0.05) is 51.0 Å². The van der Waals surface area contributed by atoms with E-state index >= 15 is 0 Å². The molecule has 0 aliphatic carbocycles. The van der Waals surface area contributed by atoms with E-state index in [-0.39, 0.29) is 0 Å². The number of piperazine rings is 1. The van der Waals surface area contributed by atoms with Crippen molar-refractivity contribution in [2.24, 2.45) is 0 Å². The molecule has 0 amide bonds. The Morgan fingerprint density at radius 2 is 1.76 bits per heavy atom. The smallest absolute Gasteiger partial charge is 0.132 e. The van der Waals surface area contributed by atoms with Gasteiger partial charge in [-0.3, -0.25) is 4.90 Å². The minimum absolute atomic E-state index is 0.945. The van der Waals surface area contributed by atoms with Crippen molar-refractivity contribution in [3.8, 4) is 0 Å². The molecule has 0 radical (unpaired) electrons. The van der Waals surface area contributed by atoms with Crippen LogP contribution in [0.2, 0.25) is 0 Å². The number of hydrogen-bond donors (Lipinski definition) is 0. The molecule has 2 aromatic rings. The van der Waals surface area contributed by atoms with Gasteiger partial charge in [0.25, 0.3) is 0 Å². The van der Waals surface area contributed by atoms with Crippen molar-refractivity contribution in [2.75, 3.05) is 37.6 Å². The second-order valence-electron chi connectivity index (χ2n) is 5.25. The molecule has 1 aliphatic heterocycles. The Morgan fingerprint density at radius 3 is 2.48 bits per heavy atom. The van der Waals surface area contributed by atoms with Crippen LogP contribution in [0.5, 0.6) is 0 Å². The van der Waals surface area contributed by atoms with Gasteiger partial charge >= 0.3 is 0 Å². The first kappa shape index (κ1) is 13.9. The average molecular weight is 287 g/mol. The van der Waals surface area contributed by atoms with Crippen LogP contribution in [0.3, 0.4) is 0 Å². The first-order valence-corrected chi connectivity index (χ1v) is 7.46. The molecule has 2 aromatic heterocycles. The number of anilines is 1. The van der Waals surface area contributed by atoms with E-state index in [1.165, 1.54) is 0 Å². The minimum Gasteiger partial charge on any atom is -0.354 e. The summed E-state index contributed by atoms with van der Waals surface area (Å²) in [5.74, 6) is 1.06. The van der Waals surface area contributed by atoms with Crippen LogP contribution in [0, 0.1) is 0 Å². The summed E-state index contributed by atoms with van der Waals surface area (Å²) >= 11 is 0. The lowest BCUT2D eigenvalue weighted by Crippen LogP contribution is -2.47. The first-order valence-electron chi connectivity index (χ1n) is 7.46. The highest BCUT2D eigenvalue weighted by atomic mass is 15.3. The molecule has 1 aliphatic rings. The van der Waals surface area contributed by atoms with E-state index in [0.717, 1.165) is 57.2 Å². The van der Waals surface area contributed by atoms with Crippen molar-refractivity contribution in [3.05, 3.63) is 30.7 Å². The van der Waals surface area contributed by atoms with Crippen LogP contribution in [0.25, 0.3) is 0 Å². The maximum Gasteiger partial charge on any atom is 0.132 e. The predicted octanol–water partition coefficient (Wildman–Crippen LogP) is 0.453. The standard InChI is InChI=1S/C14H21N7/c1-2-13-9-14(16-10-15-13)21-7-5-19(6-8-21)3-4-20-11-17-18-12-20/h9-12H,2-8H2,1H3. The second-order valence-corrected chi connectivity index (χ2v) is 5.25. The van der Waals surface area contributed by atoms with E-state index in [9.17, 15) is 0 Å². The molecule has 3 heterocycles. The van der Waals surface area contributed by atoms with Gasteiger partial charge in [-0.15, -0.1) is 10.2 Å². The largest absolute Gasteiger partial charge is 0.354 e. The summed E-state index contributed by atoms with van der Waals surface area (Å²) in [6.45, 7) is 8.26. The molecule has 1 fully saturated rings. The predicted molar refractivity (Wildman–Crippen MR) is 80.1 cm³/mol. The van der Waals surface area contributed by atoms with Crippen molar-refractivity contribution in [3.63, 3.8) is 0 Å². The molecule has 0 saturated carbocycles. The van der Waals surface area contributed by atoms with E-state index < -0.39 is 0 Å². The minimum atomic E-state index is 0.945. The van der Waals surface area contributed by atoms with E-state index in [1.807, 2.05) is 4.57 Å². The van der Waals surface area contributed by atoms with Gasteiger partial charge in [-0.25, -0.2) is 9.97 Å². The number of nitrogens with zero attached hydrogens (tertiary/aromatic N) is 7. The van der Waals surface area contributed by atoms with Gasteiger partial charge in [-0.1, -0.05) is 6.92 Å². The molecular weight excluding hydrogens is 266 g/mol. The molecule has 7 nitrogen and oxygen atoms in total. The third-order valence-electron chi connectivity index (χ3n) is 3.91. The Bertz CT molecular complexity index is 546. The van der Waals surface area contributed by atoms with Crippen LogP contribution in [-0.4, -0.2) is 62.4 Å². The average Bonchev–Trinajstić information content (AvgIpc) is 3.07. The number of aryl methyl sites for hydroxylation is 1. The van der Waals surface area contributed by atoms with Crippen LogP contribution < -0.4 is 4.90 Å². The van der Waals surface area contributed by atoms with Gasteiger partial charge in [-0.2, -0.15) is 0 Å². The Balaban J connectivity index is 1.50. The Hall–Kier alpha value is -2.02. The van der Waals surface area contributed by atoms with Crippen LogP contribution >= 0.6 is 0 Å². The maximum atomic E-state index is 4.40. The fourth-order valence-corrected chi connectivity index (χ4v) is 2.55. The monoisotopic (exact) mass is 287 g/mol. The SMILES string of the molecule is CCc1cc(N2CCN(CCn3cnnc3)CC2)ncn1. The molecule has 0 spiro atoms. The highest BCUT2D eigenvalue weighted by Crippen LogP contribution is 2.14. The number of hydrogen-bond acceptors (Lipinski definition) is 6. The second kappa shape index (κ2) is 6.62. The third kappa shape index (κ3) is 3.55. The summed E-state index contributed by atoms with van der Waals surface area (Å²) in [5.41, 5.74) is 1.11. The molecular formula is C14H21N7. The van der Waals surface area contributed by atoms with Crippen LogP contribution in [0.1, 0.15) is 12.6 Å². The molecule has 0 bridgehead atoms. The van der Waals surface area contributed by atoms with E-state index in [4.69, 9.17) is 0 Å². The van der Waals surface area contributed by atoms with Gasteiger partial charge in [0.05, 0.1) is 0 Å². The number of rotatable bonds is 5. The molecule has 112 valence electrons. The highest BCUT2D eigenvalue weighted by Gasteiger charge is 2.18. The Morgan fingerprint density at radius 1 is 1.00 bits per heavy atom. The van der Waals surface area contributed by atoms with Crippen molar-refractivity contribution < 1.29 is 0 Å². The lowest BCUT2D eigenvalue weighted by atomic mass is 10.2. The van der Waals surface area contributed by atoms with Gasteiger partial charge in [0.15, 0.2) is 0 Å². The summed E-state index contributed by atoms with van der Waals surface area (Å²) in [5, 5.41) is 7.65. The fourth-order valence-electron chi connectivity index (χ4n) is 2.55. The Kier molecular flexibility index (Phi) is 4.40. The number of aromatic nitrogens is 5.